The summed E-state index contributed by atoms with van der Waals surface area (Å²) in [7, 11) is 0. The average Bonchev–Trinajstić information content (AvgIpc) is 2.66. The summed E-state index contributed by atoms with van der Waals surface area (Å²) in [5.41, 5.74) is 1.95. The van der Waals surface area contributed by atoms with Crippen molar-refractivity contribution < 1.29 is 0 Å². The van der Waals surface area contributed by atoms with Crippen molar-refractivity contribution in [1.82, 2.24) is 24.5 Å². The first kappa shape index (κ1) is 8.96. The summed E-state index contributed by atoms with van der Waals surface area (Å²) in [6.45, 7) is 1.93. The molecule has 2 aromatic heterocycles. The lowest BCUT2D eigenvalue weighted by Gasteiger charge is -2.02. The molecule has 3 rings (SSSR count). The number of para-hydroxylation sites is 2. The summed E-state index contributed by atoms with van der Waals surface area (Å²) in [5.74, 6) is 1.47. The maximum atomic E-state index is 4.45. The predicted molar refractivity (Wildman–Crippen MR) is 59.2 cm³/mol. The number of aryl methyl sites for hydroxylation is 1. The maximum absolute atomic E-state index is 4.45. The van der Waals surface area contributed by atoms with Crippen LogP contribution >= 0.6 is 0 Å². The van der Waals surface area contributed by atoms with E-state index in [1.54, 1.807) is 0 Å². The number of hydrogen-bond acceptors (Lipinski definition) is 4. The van der Waals surface area contributed by atoms with Crippen LogP contribution in [-0.2, 0) is 0 Å². The minimum Gasteiger partial charge on any atom is -0.264 e. The Hall–Kier alpha value is -2.30. The van der Waals surface area contributed by atoms with Crippen molar-refractivity contribution in [1.29, 1.82) is 0 Å². The first-order chi connectivity index (χ1) is 7.86. The van der Waals surface area contributed by atoms with E-state index in [9.17, 15) is 0 Å². The number of rotatable bonds is 1. The third kappa shape index (κ3) is 1.25. The third-order valence-electron chi connectivity index (χ3n) is 2.41. The molecule has 78 valence electrons. The van der Waals surface area contributed by atoms with Gasteiger partial charge in [0.05, 0.1) is 11.0 Å². The SMILES string of the molecule is Cc1nc2ccccc2n1-c1ncncn1. The molecule has 0 aliphatic carbocycles. The Morgan fingerprint density at radius 3 is 2.62 bits per heavy atom. The standard InChI is InChI=1S/C11H9N5/c1-8-15-9-4-2-3-5-10(9)16(8)11-13-6-12-7-14-11/h2-7H,1H3. The van der Waals surface area contributed by atoms with Crippen LogP contribution in [0, 0.1) is 6.92 Å². The van der Waals surface area contributed by atoms with E-state index in [0.717, 1.165) is 16.9 Å². The molecule has 5 heteroatoms. The Morgan fingerprint density at radius 1 is 1.06 bits per heavy atom. The minimum absolute atomic E-state index is 0.598. The van der Waals surface area contributed by atoms with Crippen LogP contribution in [0.1, 0.15) is 5.82 Å². The summed E-state index contributed by atoms with van der Waals surface area (Å²) in [5, 5.41) is 0. The molecule has 16 heavy (non-hydrogen) atoms. The molecule has 5 nitrogen and oxygen atoms in total. The number of benzene rings is 1. The van der Waals surface area contributed by atoms with Gasteiger partial charge in [0.2, 0.25) is 5.95 Å². The van der Waals surface area contributed by atoms with Gasteiger partial charge < -0.3 is 0 Å². The van der Waals surface area contributed by atoms with Gasteiger partial charge in [0.25, 0.3) is 0 Å². The van der Waals surface area contributed by atoms with Crippen LogP contribution in [0.5, 0.6) is 0 Å². The molecule has 1 aromatic carbocycles. The molecule has 3 aromatic rings. The fourth-order valence-electron chi connectivity index (χ4n) is 1.75. The molecule has 0 N–H and O–H groups in total. The summed E-state index contributed by atoms with van der Waals surface area (Å²) in [4.78, 5) is 16.5. The van der Waals surface area contributed by atoms with E-state index < -0.39 is 0 Å². The molecular weight excluding hydrogens is 202 g/mol. The van der Waals surface area contributed by atoms with Gasteiger partial charge in [-0.15, -0.1) is 0 Å². The molecule has 0 amide bonds. The van der Waals surface area contributed by atoms with Gasteiger partial charge in [-0.3, -0.25) is 4.57 Å². The molecule has 0 saturated carbocycles. The Bertz CT molecular complexity index is 629. The maximum Gasteiger partial charge on any atom is 0.238 e. The molecule has 2 heterocycles. The number of imidazole rings is 1. The second-order valence-corrected chi connectivity index (χ2v) is 3.42. The van der Waals surface area contributed by atoms with E-state index in [0.29, 0.717) is 5.95 Å². The molecule has 0 bridgehead atoms. The van der Waals surface area contributed by atoms with Gasteiger partial charge >= 0.3 is 0 Å². The lowest BCUT2D eigenvalue weighted by molar-refractivity contribution is 0.878. The third-order valence-corrected chi connectivity index (χ3v) is 2.41. The second kappa shape index (κ2) is 3.37. The molecule has 0 aliphatic rings. The highest BCUT2D eigenvalue weighted by Crippen LogP contribution is 2.17. The number of aromatic nitrogens is 5. The molecule has 0 fully saturated rings. The van der Waals surface area contributed by atoms with Crippen LogP contribution in [0.3, 0.4) is 0 Å². The van der Waals surface area contributed by atoms with Gasteiger partial charge in [-0.05, 0) is 19.1 Å². The molecule has 0 atom stereocenters. The van der Waals surface area contributed by atoms with Crippen molar-refractivity contribution in [3.8, 4) is 5.95 Å². The Morgan fingerprint density at radius 2 is 1.81 bits per heavy atom. The summed E-state index contributed by atoms with van der Waals surface area (Å²) in [6.07, 6.45) is 2.97. The first-order valence-corrected chi connectivity index (χ1v) is 4.93. The van der Waals surface area contributed by atoms with Crippen LogP contribution in [0.4, 0.5) is 0 Å². The zero-order valence-corrected chi connectivity index (χ0v) is 8.70. The van der Waals surface area contributed by atoms with Crippen molar-refractivity contribution in [3.05, 3.63) is 42.7 Å². The highest BCUT2D eigenvalue weighted by molar-refractivity contribution is 5.77. The normalized spacial score (nSPS) is 10.8. The van der Waals surface area contributed by atoms with Crippen LogP contribution in [-0.4, -0.2) is 24.5 Å². The highest BCUT2D eigenvalue weighted by Gasteiger charge is 2.09. The molecule has 0 saturated heterocycles. The zero-order valence-electron chi connectivity index (χ0n) is 8.70. The second-order valence-electron chi connectivity index (χ2n) is 3.42. The molecular formula is C11H9N5. The van der Waals surface area contributed by atoms with Crippen molar-refractivity contribution in [2.45, 2.75) is 6.92 Å². The van der Waals surface area contributed by atoms with E-state index >= 15 is 0 Å². The van der Waals surface area contributed by atoms with Crippen molar-refractivity contribution in [3.63, 3.8) is 0 Å². The van der Waals surface area contributed by atoms with E-state index in [1.807, 2.05) is 35.8 Å². The van der Waals surface area contributed by atoms with Crippen molar-refractivity contribution >= 4 is 11.0 Å². The Labute approximate surface area is 91.8 Å². The zero-order chi connectivity index (χ0) is 11.0. The van der Waals surface area contributed by atoms with Crippen molar-refractivity contribution in [2.75, 3.05) is 0 Å². The van der Waals surface area contributed by atoms with Crippen LogP contribution in [0.15, 0.2) is 36.9 Å². The van der Waals surface area contributed by atoms with Gasteiger partial charge in [-0.2, -0.15) is 0 Å². The molecule has 0 aliphatic heterocycles. The van der Waals surface area contributed by atoms with Gasteiger partial charge in [-0.1, -0.05) is 12.1 Å². The largest absolute Gasteiger partial charge is 0.264 e. The van der Waals surface area contributed by atoms with Crippen LogP contribution < -0.4 is 0 Å². The topological polar surface area (TPSA) is 56.5 Å². The minimum atomic E-state index is 0.598. The average molecular weight is 211 g/mol. The summed E-state index contributed by atoms with van der Waals surface area (Å²) in [6, 6.07) is 7.91. The summed E-state index contributed by atoms with van der Waals surface area (Å²) >= 11 is 0. The Kier molecular flexibility index (Phi) is 1.89. The molecule has 0 radical (unpaired) electrons. The van der Waals surface area contributed by atoms with E-state index in [2.05, 4.69) is 19.9 Å². The predicted octanol–water partition coefficient (Wildman–Crippen LogP) is 1.52. The van der Waals surface area contributed by atoms with E-state index in [4.69, 9.17) is 0 Å². The molecule has 0 unspecified atom stereocenters. The number of hydrogen-bond donors (Lipinski definition) is 0. The van der Waals surface area contributed by atoms with Crippen LogP contribution in [0.25, 0.3) is 17.0 Å². The number of fused-ring (bicyclic) bond motifs is 1. The van der Waals surface area contributed by atoms with Gasteiger partial charge in [-0.25, -0.2) is 19.9 Å². The van der Waals surface area contributed by atoms with Crippen molar-refractivity contribution in [2.24, 2.45) is 0 Å². The lowest BCUT2D eigenvalue weighted by Crippen LogP contribution is -2.02. The van der Waals surface area contributed by atoms with E-state index in [1.165, 1.54) is 12.7 Å². The summed E-state index contributed by atoms with van der Waals surface area (Å²) < 4.78 is 1.91. The lowest BCUT2D eigenvalue weighted by atomic mass is 10.3. The van der Waals surface area contributed by atoms with Gasteiger partial charge in [0, 0.05) is 0 Å². The fraction of sp³-hybridized carbons (Fsp3) is 0.0909. The quantitative estimate of drug-likeness (QED) is 0.612. The monoisotopic (exact) mass is 211 g/mol. The van der Waals surface area contributed by atoms with E-state index in [-0.39, 0.29) is 0 Å². The van der Waals surface area contributed by atoms with Gasteiger partial charge in [0.15, 0.2) is 0 Å². The smallest absolute Gasteiger partial charge is 0.238 e. The first-order valence-electron chi connectivity index (χ1n) is 4.93. The fourth-order valence-corrected chi connectivity index (χ4v) is 1.75. The molecule has 0 spiro atoms. The van der Waals surface area contributed by atoms with Crippen LogP contribution in [0.2, 0.25) is 0 Å². The number of nitrogens with zero attached hydrogens (tertiary/aromatic N) is 5. The Balaban J connectivity index is 2.35. The highest BCUT2D eigenvalue weighted by atomic mass is 15.2. The van der Waals surface area contributed by atoms with Gasteiger partial charge in [0.1, 0.15) is 18.5 Å².